The van der Waals surface area contributed by atoms with E-state index in [0.717, 1.165) is 24.0 Å². The second-order valence-electron chi connectivity index (χ2n) is 7.92. The number of halogens is 1. The zero-order valence-corrected chi connectivity index (χ0v) is 19.3. The fourth-order valence-electron chi connectivity index (χ4n) is 4.32. The fourth-order valence-corrected chi connectivity index (χ4v) is 4.68. The monoisotopic (exact) mass is 459 g/mol. The highest BCUT2D eigenvalue weighted by Gasteiger charge is 2.35. The predicted molar refractivity (Wildman–Crippen MR) is 121 cm³/mol. The van der Waals surface area contributed by atoms with Gasteiger partial charge in [0, 0.05) is 11.5 Å². The van der Waals surface area contributed by atoms with Crippen molar-refractivity contribution in [2.24, 2.45) is 5.92 Å². The molecular formula is C24H26ClNO6. The average molecular weight is 460 g/mol. The van der Waals surface area contributed by atoms with E-state index >= 15 is 0 Å². The number of carbonyl (C=O) groups is 1. The van der Waals surface area contributed by atoms with Gasteiger partial charge in [0.05, 0.1) is 39.5 Å². The Labute approximate surface area is 191 Å². The molecule has 1 atom stereocenters. The van der Waals surface area contributed by atoms with Gasteiger partial charge in [-0.2, -0.15) is 0 Å². The van der Waals surface area contributed by atoms with Crippen molar-refractivity contribution in [2.45, 2.75) is 31.7 Å². The van der Waals surface area contributed by atoms with Gasteiger partial charge in [-0.05, 0) is 54.5 Å². The zero-order valence-electron chi connectivity index (χ0n) is 18.5. The molecule has 2 aromatic carbocycles. The number of amides is 1. The lowest BCUT2D eigenvalue weighted by atomic mass is 9.95. The Bertz CT molecular complexity index is 1130. The number of benzene rings is 1. The van der Waals surface area contributed by atoms with Crippen LogP contribution in [0.1, 0.15) is 36.4 Å². The maximum Gasteiger partial charge on any atom is 0.223 e. The van der Waals surface area contributed by atoms with Crippen LogP contribution in [0.4, 0.5) is 0 Å². The molecule has 2 aromatic rings. The second kappa shape index (κ2) is 8.90. The van der Waals surface area contributed by atoms with Crippen LogP contribution in [0.15, 0.2) is 23.0 Å². The molecule has 2 aliphatic carbocycles. The van der Waals surface area contributed by atoms with E-state index in [9.17, 15) is 9.59 Å². The molecule has 170 valence electrons. The summed E-state index contributed by atoms with van der Waals surface area (Å²) in [5.41, 5.74) is 2.66. The van der Waals surface area contributed by atoms with E-state index < -0.39 is 0 Å². The number of ether oxygens (including phenoxy) is 4. The van der Waals surface area contributed by atoms with E-state index in [2.05, 4.69) is 5.32 Å². The Morgan fingerprint density at radius 3 is 2.25 bits per heavy atom. The molecule has 0 spiro atoms. The van der Waals surface area contributed by atoms with Gasteiger partial charge in [0.25, 0.3) is 0 Å². The number of hydrogen-bond donors (Lipinski definition) is 1. The highest BCUT2D eigenvalue weighted by atomic mass is 35.5. The van der Waals surface area contributed by atoms with Crippen LogP contribution in [0.5, 0.6) is 23.0 Å². The molecule has 0 radical (unpaired) electrons. The number of nitrogens with one attached hydrogen (secondary N) is 1. The standard InChI is InChI=1S/C24H26ClNO6/c1-29-18-10-8-13-15(11-17(18)27)16(26-24(28)12-5-6-12)9-7-14-19(13)21(30-2)23(32-4)22(31-3)20(14)25/h8,10-12,16H,5-7,9H2,1-4H3,(H,26,28)/t16-/m0/s1. The molecular weight excluding hydrogens is 434 g/mol. The van der Waals surface area contributed by atoms with E-state index in [1.165, 1.54) is 27.4 Å². The van der Waals surface area contributed by atoms with Crippen LogP contribution in [0.2, 0.25) is 5.02 Å². The summed E-state index contributed by atoms with van der Waals surface area (Å²) in [7, 11) is 6.04. The van der Waals surface area contributed by atoms with Crippen LogP contribution in [0.3, 0.4) is 0 Å². The summed E-state index contributed by atoms with van der Waals surface area (Å²) < 4.78 is 22.2. The van der Waals surface area contributed by atoms with Crippen LogP contribution in [0, 0.1) is 5.92 Å². The fraction of sp³-hybridized carbons (Fsp3) is 0.417. The van der Waals surface area contributed by atoms with E-state index in [0.29, 0.717) is 46.2 Å². The minimum atomic E-state index is -0.368. The van der Waals surface area contributed by atoms with Gasteiger partial charge in [0.1, 0.15) is 0 Å². The second-order valence-corrected chi connectivity index (χ2v) is 8.30. The summed E-state index contributed by atoms with van der Waals surface area (Å²) in [5.74, 6) is 1.46. The number of fused-ring (bicyclic) bond motifs is 3. The summed E-state index contributed by atoms with van der Waals surface area (Å²) in [5, 5.41) is 3.56. The molecule has 1 N–H and O–H groups in total. The number of carbonyl (C=O) groups excluding carboxylic acids is 1. The molecule has 0 aromatic heterocycles. The third-order valence-electron chi connectivity index (χ3n) is 6.07. The molecule has 2 aliphatic rings. The first-order valence-corrected chi connectivity index (χ1v) is 10.9. The molecule has 7 nitrogen and oxygen atoms in total. The first-order chi connectivity index (χ1) is 15.4. The van der Waals surface area contributed by atoms with E-state index in [1.54, 1.807) is 19.2 Å². The van der Waals surface area contributed by atoms with Gasteiger partial charge in [-0.15, -0.1) is 0 Å². The van der Waals surface area contributed by atoms with Gasteiger partial charge < -0.3 is 24.3 Å². The summed E-state index contributed by atoms with van der Waals surface area (Å²) in [6.07, 6.45) is 2.89. The first kappa shape index (κ1) is 22.3. The highest BCUT2D eigenvalue weighted by molar-refractivity contribution is 6.34. The Morgan fingerprint density at radius 1 is 0.969 bits per heavy atom. The third kappa shape index (κ3) is 3.75. The van der Waals surface area contributed by atoms with Crippen molar-refractivity contribution in [3.05, 3.63) is 44.6 Å². The van der Waals surface area contributed by atoms with Gasteiger partial charge in [-0.3, -0.25) is 9.59 Å². The minimum Gasteiger partial charge on any atom is -0.493 e. The van der Waals surface area contributed by atoms with Gasteiger partial charge in [-0.25, -0.2) is 0 Å². The van der Waals surface area contributed by atoms with Crippen molar-refractivity contribution in [1.82, 2.24) is 5.32 Å². The summed E-state index contributed by atoms with van der Waals surface area (Å²) >= 11 is 6.78. The largest absolute Gasteiger partial charge is 0.493 e. The molecule has 1 saturated carbocycles. The highest BCUT2D eigenvalue weighted by Crippen LogP contribution is 2.54. The van der Waals surface area contributed by atoms with Crippen molar-refractivity contribution in [1.29, 1.82) is 0 Å². The molecule has 4 rings (SSSR count). The van der Waals surface area contributed by atoms with Gasteiger partial charge in [-0.1, -0.05) is 17.7 Å². The lowest BCUT2D eigenvalue weighted by molar-refractivity contribution is -0.123. The Morgan fingerprint density at radius 2 is 1.66 bits per heavy atom. The van der Waals surface area contributed by atoms with Gasteiger partial charge in [0.15, 0.2) is 17.2 Å². The molecule has 0 saturated heterocycles. The predicted octanol–water partition coefficient (Wildman–Crippen LogP) is 3.92. The summed E-state index contributed by atoms with van der Waals surface area (Å²) in [6.45, 7) is 0. The molecule has 0 aliphatic heterocycles. The van der Waals surface area contributed by atoms with Crippen LogP contribution >= 0.6 is 11.6 Å². The Kier molecular flexibility index (Phi) is 6.20. The molecule has 1 fully saturated rings. The average Bonchev–Trinajstić information content (AvgIpc) is 3.64. The molecule has 0 heterocycles. The lowest BCUT2D eigenvalue weighted by Crippen LogP contribution is -2.30. The van der Waals surface area contributed by atoms with Crippen molar-refractivity contribution < 1.29 is 23.7 Å². The Hall–Kier alpha value is -2.93. The van der Waals surface area contributed by atoms with E-state index in [-0.39, 0.29) is 29.0 Å². The van der Waals surface area contributed by atoms with Crippen LogP contribution in [-0.4, -0.2) is 34.3 Å². The van der Waals surface area contributed by atoms with E-state index in [4.69, 9.17) is 30.5 Å². The third-order valence-corrected chi connectivity index (χ3v) is 6.47. The number of hydrogen-bond acceptors (Lipinski definition) is 6. The maximum atomic E-state index is 12.8. The summed E-state index contributed by atoms with van der Waals surface area (Å²) in [4.78, 5) is 25.5. The maximum absolute atomic E-state index is 12.8. The van der Waals surface area contributed by atoms with Crippen molar-refractivity contribution in [3.63, 3.8) is 0 Å². The molecule has 1 amide bonds. The molecule has 32 heavy (non-hydrogen) atoms. The van der Waals surface area contributed by atoms with E-state index in [1.807, 2.05) is 0 Å². The Balaban J connectivity index is 2.03. The normalized spacial score (nSPS) is 16.8. The smallest absolute Gasteiger partial charge is 0.223 e. The number of rotatable bonds is 6. The first-order valence-electron chi connectivity index (χ1n) is 10.5. The van der Waals surface area contributed by atoms with Gasteiger partial charge >= 0.3 is 0 Å². The zero-order chi connectivity index (χ0) is 23.0. The SMILES string of the molecule is COc1c(Cl)c2c(c(OC)c1OC)-c1ccc(OC)c(=O)cc1[C@@H](NC(=O)C1CC1)CC2. The topological polar surface area (TPSA) is 83.1 Å². The van der Waals surface area contributed by atoms with Crippen molar-refractivity contribution in [3.8, 4) is 34.1 Å². The minimum absolute atomic E-state index is 0.00560. The lowest BCUT2D eigenvalue weighted by Gasteiger charge is -2.21. The van der Waals surface area contributed by atoms with Crippen molar-refractivity contribution in [2.75, 3.05) is 28.4 Å². The molecule has 8 heteroatoms. The van der Waals surface area contributed by atoms with Crippen LogP contribution in [0.25, 0.3) is 11.1 Å². The number of methoxy groups -OCH3 is 4. The summed E-state index contributed by atoms with van der Waals surface area (Å²) in [6, 6.07) is 4.60. The van der Waals surface area contributed by atoms with Crippen LogP contribution in [-0.2, 0) is 11.2 Å². The molecule has 0 bridgehead atoms. The van der Waals surface area contributed by atoms with Gasteiger partial charge in [0.2, 0.25) is 17.1 Å². The molecule has 0 unspecified atom stereocenters. The quantitative estimate of drug-likeness (QED) is 0.705. The van der Waals surface area contributed by atoms with Crippen LogP contribution < -0.4 is 29.7 Å². The van der Waals surface area contributed by atoms with Crippen molar-refractivity contribution >= 4 is 17.5 Å².